The maximum Gasteiger partial charge on any atom is 0.251 e. The molecular weight excluding hydrogens is 302 g/mol. The summed E-state index contributed by atoms with van der Waals surface area (Å²) in [5.41, 5.74) is 1.68. The average molecular weight is 325 g/mol. The van der Waals surface area contributed by atoms with Gasteiger partial charge in [-0.1, -0.05) is 6.07 Å². The summed E-state index contributed by atoms with van der Waals surface area (Å²) in [7, 11) is 1.61. The first kappa shape index (κ1) is 16.3. The van der Waals surface area contributed by atoms with Crippen molar-refractivity contribution in [1.82, 2.24) is 10.3 Å². The molecule has 1 amide bonds. The summed E-state index contributed by atoms with van der Waals surface area (Å²) in [6, 6.07) is 11.1. The second-order valence-corrected chi connectivity index (χ2v) is 5.95. The number of benzene rings is 1. The molecule has 0 atom stereocenters. The van der Waals surface area contributed by atoms with Crippen LogP contribution in [-0.4, -0.2) is 31.1 Å². The molecule has 1 saturated heterocycles. The summed E-state index contributed by atoms with van der Waals surface area (Å²) in [4.78, 5) is 19.2. The van der Waals surface area contributed by atoms with Gasteiger partial charge in [-0.2, -0.15) is 0 Å². The highest BCUT2D eigenvalue weighted by Crippen LogP contribution is 2.21. The van der Waals surface area contributed by atoms with Crippen LogP contribution < -0.4 is 15.0 Å². The molecule has 0 bridgehead atoms. The highest BCUT2D eigenvalue weighted by atomic mass is 16.5. The molecule has 0 saturated carbocycles. The van der Waals surface area contributed by atoms with E-state index in [0.717, 1.165) is 30.2 Å². The Bertz CT molecular complexity index is 679. The van der Waals surface area contributed by atoms with Crippen LogP contribution in [0, 0.1) is 0 Å². The van der Waals surface area contributed by atoms with Crippen LogP contribution in [0.2, 0.25) is 0 Å². The topological polar surface area (TPSA) is 54.5 Å². The molecule has 3 rings (SSSR count). The van der Waals surface area contributed by atoms with Crippen LogP contribution in [0.1, 0.15) is 35.2 Å². The van der Waals surface area contributed by atoms with Crippen molar-refractivity contribution in [2.75, 3.05) is 25.1 Å². The minimum atomic E-state index is -0.0916. The van der Waals surface area contributed by atoms with Gasteiger partial charge < -0.3 is 15.0 Å². The monoisotopic (exact) mass is 325 g/mol. The summed E-state index contributed by atoms with van der Waals surface area (Å²) in [5.74, 6) is 1.64. The van der Waals surface area contributed by atoms with Crippen molar-refractivity contribution in [3.8, 4) is 5.75 Å². The molecule has 24 heavy (non-hydrogen) atoms. The summed E-state index contributed by atoms with van der Waals surface area (Å²) < 4.78 is 5.12. The standard InChI is InChI=1S/C19H23N3O2/c1-24-17-9-7-15(8-10-17)19(23)21-14-16-6-5-11-20-18(16)22-12-3-2-4-13-22/h5-11H,2-4,12-14H2,1H3,(H,21,23). The Morgan fingerprint density at radius 3 is 2.62 bits per heavy atom. The van der Waals surface area contributed by atoms with Gasteiger partial charge in [0.1, 0.15) is 11.6 Å². The first-order valence-corrected chi connectivity index (χ1v) is 8.39. The van der Waals surface area contributed by atoms with Crippen LogP contribution in [0.5, 0.6) is 5.75 Å². The van der Waals surface area contributed by atoms with E-state index < -0.39 is 0 Å². The Morgan fingerprint density at radius 1 is 1.17 bits per heavy atom. The smallest absolute Gasteiger partial charge is 0.251 e. The van der Waals surface area contributed by atoms with Gasteiger partial charge in [0.15, 0.2) is 0 Å². The van der Waals surface area contributed by atoms with Gasteiger partial charge in [-0.3, -0.25) is 4.79 Å². The molecule has 1 fully saturated rings. The van der Waals surface area contributed by atoms with Crippen LogP contribution in [0.15, 0.2) is 42.6 Å². The molecule has 0 unspecified atom stereocenters. The summed E-state index contributed by atoms with van der Waals surface area (Å²) >= 11 is 0. The van der Waals surface area contributed by atoms with E-state index in [1.165, 1.54) is 19.3 Å². The van der Waals surface area contributed by atoms with Gasteiger partial charge >= 0.3 is 0 Å². The number of carbonyl (C=O) groups is 1. The zero-order valence-electron chi connectivity index (χ0n) is 14.0. The number of anilines is 1. The molecule has 1 aromatic heterocycles. The van der Waals surface area contributed by atoms with Crippen molar-refractivity contribution in [3.63, 3.8) is 0 Å². The molecule has 0 radical (unpaired) electrons. The Balaban J connectivity index is 1.66. The molecule has 2 aromatic rings. The number of carbonyl (C=O) groups excluding carboxylic acids is 1. The quantitative estimate of drug-likeness (QED) is 0.918. The van der Waals surface area contributed by atoms with E-state index in [1.807, 2.05) is 18.3 Å². The van der Waals surface area contributed by atoms with Crippen molar-refractivity contribution >= 4 is 11.7 Å². The Labute approximate surface area is 142 Å². The summed E-state index contributed by atoms with van der Waals surface area (Å²) in [6.07, 6.45) is 5.51. The zero-order chi connectivity index (χ0) is 16.8. The van der Waals surface area contributed by atoms with Crippen molar-refractivity contribution < 1.29 is 9.53 Å². The molecule has 1 aromatic carbocycles. The molecule has 1 aliphatic rings. The van der Waals surface area contributed by atoms with Crippen LogP contribution in [0.3, 0.4) is 0 Å². The average Bonchev–Trinajstić information content (AvgIpc) is 2.67. The Hall–Kier alpha value is -2.56. The predicted octanol–water partition coefficient (Wildman–Crippen LogP) is 3.01. The van der Waals surface area contributed by atoms with Gasteiger partial charge in [0.05, 0.1) is 7.11 Å². The van der Waals surface area contributed by atoms with Crippen molar-refractivity contribution in [1.29, 1.82) is 0 Å². The van der Waals surface area contributed by atoms with Crippen LogP contribution >= 0.6 is 0 Å². The fourth-order valence-corrected chi connectivity index (χ4v) is 2.98. The maximum absolute atomic E-state index is 12.3. The van der Waals surface area contributed by atoms with Crippen LogP contribution in [0.25, 0.3) is 0 Å². The van der Waals surface area contributed by atoms with Crippen molar-refractivity contribution in [2.24, 2.45) is 0 Å². The Morgan fingerprint density at radius 2 is 1.92 bits per heavy atom. The number of pyridine rings is 1. The number of piperidine rings is 1. The number of amides is 1. The van der Waals surface area contributed by atoms with Crippen LogP contribution in [0.4, 0.5) is 5.82 Å². The molecule has 0 spiro atoms. The number of rotatable bonds is 5. The van der Waals surface area contributed by atoms with Crippen molar-refractivity contribution in [3.05, 3.63) is 53.7 Å². The minimum absolute atomic E-state index is 0.0916. The largest absolute Gasteiger partial charge is 0.497 e. The highest BCUT2D eigenvalue weighted by Gasteiger charge is 2.16. The second kappa shape index (κ2) is 7.81. The predicted molar refractivity (Wildman–Crippen MR) is 94.5 cm³/mol. The molecule has 2 heterocycles. The third kappa shape index (κ3) is 3.85. The molecule has 5 nitrogen and oxygen atoms in total. The van der Waals surface area contributed by atoms with Gasteiger partial charge in [-0.15, -0.1) is 0 Å². The third-order valence-electron chi connectivity index (χ3n) is 4.31. The summed E-state index contributed by atoms with van der Waals surface area (Å²) in [5, 5.41) is 2.99. The number of hydrogen-bond acceptors (Lipinski definition) is 4. The van der Waals surface area contributed by atoms with E-state index in [9.17, 15) is 4.79 Å². The van der Waals surface area contributed by atoms with Gasteiger partial charge in [0, 0.05) is 37.0 Å². The third-order valence-corrected chi connectivity index (χ3v) is 4.31. The second-order valence-electron chi connectivity index (χ2n) is 5.95. The fraction of sp³-hybridized carbons (Fsp3) is 0.368. The molecule has 1 aliphatic heterocycles. The van der Waals surface area contributed by atoms with Gasteiger partial charge in [0.25, 0.3) is 5.91 Å². The molecule has 1 N–H and O–H groups in total. The van der Waals surface area contributed by atoms with E-state index >= 15 is 0 Å². The normalized spacial score (nSPS) is 14.3. The van der Waals surface area contributed by atoms with E-state index in [1.54, 1.807) is 31.4 Å². The first-order valence-electron chi connectivity index (χ1n) is 8.39. The molecule has 0 aliphatic carbocycles. The SMILES string of the molecule is COc1ccc(C(=O)NCc2cccnc2N2CCCCC2)cc1. The maximum atomic E-state index is 12.3. The first-order chi connectivity index (χ1) is 11.8. The number of hydrogen-bond donors (Lipinski definition) is 1. The van der Waals surface area contributed by atoms with Crippen molar-refractivity contribution in [2.45, 2.75) is 25.8 Å². The van der Waals surface area contributed by atoms with Gasteiger partial charge in [-0.25, -0.2) is 4.98 Å². The summed E-state index contributed by atoms with van der Waals surface area (Å²) in [6.45, 7) is 2.55. The number of ether oxygens (including phenoxy) is 1. The molecule has 5 heteroatoms. The fourth-order valence-electron chi connectivity index (χ4n) is 2.98. The highest BCUT2D eigenvalue weighted by molar-refractivity contribution is 5.94. The lowest BCUT2D eigenvalue weighted by Crippen LogP contribution is -2.32. The van der Waals surface area contributed by atoms with E-state index in [-0.39, 0.29) is 5.91 Å². The van der Waals surface area contributed by atoms with E-state index in [4.69, 9.17) is 4.74 Å². The van der Waals surface area contributed by atoms with Crippen LogP contribution in [-0.2, 0) is 6.54 Å². The van der Waals surface area contributed by atoms with Gasteiger partial charge in [-0.05, 0) is 49.6 Å². The lowest BCUT2D eigenvalue weighted by atomic mass is 10.1. The number of methoxy groups -OCH3 is 1. The molecule has 126 valence electrons. The van der Waals surface area contributed by atoms with Gasteiger partial charge in [0.2, 0.25) is 0 Å². The zero-order valence-corrected chi connectivity index (χ0v) is 14.0. The Kier molecular flexibility index (Phi) is 5.31. The number of aromatic nitrogens is 1. The number of nitrogens with zero attached hydrogens (tertiary/aromatic N) is 2. The lowest BCUT2D eigenvalue weighted by Gasteiger charge is -2.29. The number of nitrogens with one attached hydrogen (secondary N) is 1. The van der Waals surface area contributed by atoms with E-state index in [0.29, 0.717) is 12.1 Å². The van der Waals surface area contributed by atoms with E-state index in [2.05, 4.69) is 15.2 Å². The minimum Gasteiger partial charge on any atom is -0.497 e. The molecular formula is C19H23N3O2. The lowest BCUT2D eigenvalue weighted by molar-refractivity contribution is 0.0951.